The zero-order valence-electron chi connectivity index (χ0n) is 9.95. The Balaban J connectivity index is 3.66. The van der Waals surface area contributed by atoms with Gasteiger partial charge in [0.1, 0.15) is 0 Å². The number of halogens is 6. The van der Waals surface area contributed by atoms with E-state index in [9.17, 15) is 31.4 Å². The first-order valence-corrected chi connectivity index (χ1v) is 5.05. The van der Waals surface area contributed by atoms with Gasteiger partial charge in [-0.2, -0.15) is 26.3 Å². The maximum absolute atomic E-state index is 12.7. The van der Waals surface area contributed by atoms with Crippen LogP contribution in [0, 0.1) is 13.8 Å². The Bertz CT molecular complexity index is 477. The van der Waals surface area contributed by atoms with E-state index in [0.29, 0.717) is 11.6 Å². The molecule has 0 aliphatic carbocycles. The minimum atomic E-state index is -5.91. The van der Waals surface area contributed by atoms with Crippen molar-refractivity contribution in [2.75, 3.05) is 5.73 Å². The van der Waals surface area contributed by atoms with E-state index in [4.69, 9.17) is 5.73 Å². The summed E-state index contributed by atoms with van der Waals surface area (Å²) in [5.74, 6) is 0. The lowest BCUT2D eigenvalue weighted by atomic mass is 9.87. The van der Waals surface area contributed by atoms with E-state index in [0.717, 1.165) is 13.0 Å². The second-order valence-electron chi connectivity index (χ2n) is 4.23. The minimum Gasteiger partial charge on any atom is -0.399 e. The van der Waals surface area contributed by atoms with Gasteiger partial charge in [0.2, 0.25) is 0 Å². The zero-order chi connectivity index (χ0) is 15.2. The Morgan fingerprint density at radius 1 is 0.895 bits per heavy atom. The van der Waals surface area contributed by atoms with Crippen LogP contribution in [0.4, 0.5) is 32.0 Å². The van der Waals surface area contributed by atoms with Crippen molar-refractivity contribution < 1.29 is 31.4 Å². The lowest BCUT2D eigenvalue weighted by Gasteiger charge is -2.34. The van der Waals surface area contributed by atoms with E-state index < -0.39 is 23.5 Å². The molecule has 0 amide bonds. The van der Waals surface area contributed by atoms with Gasteiger partial charge < -0.3 is 10.8 Å². The maximum Gasteiger partial charge on any atom is 0.430 e. The highest BCUT2D eigenvalue weighted by Crippen LogP contribution is 2.51. The number of anilines is 1. The summed E-state index contributed by atoms with van der Waals surface area (Å²) in [6.45, 7) is 2.48. The van der Waals surface area contributed by atoms with Gasteiger partial charge in [-0.1, -0.05) is 6.07 Å². The summed E-state index contributed by atoms with van der Waals surface area (Å²) in [6.07, 6.45) is -11.8. The molecule has 0 saturated heterocycles. The molecule has 0 bridgehead atoms. The first-order valence-electron chi connectivity index (χ1n) is 5.05. The molecule has 1 rings (SSSR count). The Labute approximate surface area is 104 Å². The number of alkyl halides is 6. The molecule has 0 unspecified atom stereocenters. The van der Waals surface area contributed by atoms with Crippen LogP contribution in [-0.4, -0.2) is 17.5 Å². The van der Waals surface area contributed by atoms with Crippen molar-refractivity contribution in [3.05, 3.63) is 28.8 Å². The Kier molecular flexibility index (Phi) is 3.53. The summed E-state index contributed by atoms with van der Waals surface area (Å²) in [7, 11) is 0. The Morgan fingerprint density at radius 3 is 1.68 bits per heavy atom. The predicted molar refractivity (Wildman–Crippen MR) is 56.3 cm³/mol. The highest BCUT2D eigenvalue weighted by Gasteiger charge is 2.71. The number of nitrogens with two attached hydrogens (primary N) is 1. The molecular formula is C11H11F6NO. The molecule has 0 radical (unpaired) electrons. The van der Waals surface area contributed by atoms with Gasteiger partial charge in [0.05, 0.1) is 0 Å². The van der Waals surface area contributed by atoms with E-state index in [1.165, 1.54) is 6.92 Å². The van der Waals surface area contributed by atoms with Crippen molar-refractivity contribution in [3.8, 4) is 0 Å². The molecule has 0 fully saturated rings. The smallest absolute Gasteiger partial charge is 0.399 e. The molecule has 108 valence electrons. The van der Waals surface area contributed by atoms with E-state index in [-0.39, 0.29) is 11.3 Å². The monoisotopic (exact) mass is 287 g/mol. The van der Waals surface area contributed by atoms with Crippen molar-refractivity contribution in [1.82, 2.24) is 0 Å². The normalized spacial score (nSPS) is 13.7. The summed E-state index contributed by atoms with van der Waals surface area (Å²) in [6, 6.07) is 1.57. The minimum absolute atomic E-state index is 0.257. The fourth-order valence-corrected chi connectivity index (χ4v) is 1.72. The number of benzene rings is 1. The van der Waals surface area contributed by atoms with Crippen LogP contribution in [0.2, 0.25) is 0 Å². The van der Waals surface area contributed by atoms with Gasteiger partial charge in [-0.3, -0.25) is 0 Å². The summed E-state index contributed by atoms with van der Waals surface area (Å²) in [5.41, 5.74) is -1.20. The largest absolute Gasteiger partial charge is 0.430 e. The molecular weight excluding hydrogens is 276 g/mol. The van der Waals surface area contributed by atoms with Gasteiger partial charge in [0, 0.05) is 11.3 Å². The number of aryl methyl sites for hydroxylation is 2. The predicted octanol–water partition coefficient (Wildman–Crippen LogP) is 3.20. The highest BCUT2D eigenvalue weighted by molar-refractivity contribution is 5.53. The summed E-state index contributed by atoms with van der Waals surface area (Å²) in [4.78, 5) is 0. The zero-order valence-corrected chi connectivity index (χ0v) is 9.95. The van der Waals surface area contributed by atoms with Crippen LogP contribution in [0.15, 0.2) is 12.1 Å². The van der Waals surface area contributed by atoms with Gasteiger partial charge >= 0.3 is 12.4 Å². The molecule has 0 spiro atoms. The number of nitrogen functional groups attached to an aromatic ring is 1. The van der Waals surface area contributed by atoms with Crippen molar-refractivity contribution in [1.29, 1.82) is 0 Å². The van der Waals surface area contributed by atoms with Gasteiger partial charge in [-0.25, -0.2) is 0 Å². The third-order valence-electron chi connectivity index (χ3n) is 2.82. The van der Waals surface area contributed by atoms with Crippen molar-refractivity contribution in [2.45, 2.75) is 31.8 Å². The standard InChI is InChI=1S/C11H11F6NO/c1-5-3-6(2)8(18)4-7(5)9(19,10(12,13)14)11(15,16)17/h3-4,19H,18H2,1-2H3. The Hall–Kier alpha value is -1.44. The van der Waals surface area contributed by atoms with E-state index >= 15 is 0 Å². The number of rotatable bonds is 1. The molecule has 0 atom stereocenters. The lowest BCUT2D eigenvalue weighted by Crippen LogP contribution is -2.54. The lowest BCUT2D eigenvalue weighted by molar-refractivity contribution is -0.376. The van der Waals surface area contributed by atoms with Crippen molar-refractivity contribution >= 4 is 5.69 Å². The third kappa shape index (κ3) is 2.36. The van der Waals surface area contributed by atoms with Crippen molar-refractivity contribution in [3.63, 3.8) is 0 Å². The molecule has 0 aliphatic heterocycles. The molecule has 2 nitrogen and oxygen atoms in total. The average Bonchev–Trinajstić information content (AvgIpc) is 2.19. The molecule has 8 heteroatoms. The van der Waals surface area contributed by atoms with E-state index in [1.54, 1.807) is 0 Å². The van der Waals surface area contributed by atoms with Crippen LogP contribution >= 0.6 is 0 Å². The number of aliphatic hydroxyl groups is 1. The first kappa shape index (κ1) is 15.6. The molecule has 0 aromatic heterocycles. The first-order chi connectivity index (χ1) is 8.32. The van der Waals surface area contributed by atoms with Crippen LogP contribution in [0.1, 0.15) is 16.7 Å². The van der Waals surface area contributed by atoms with Gasteiger partial charge in [0.25, 0.3) is 5.60 Å². The van der Waals surface area contributed by atoms with Gasteiger partial charge in [-0.05, 0) is 31.0 Å². The maximum atomic E-state index is 12.7. The van der Waals surface area contributed by atoms with Crippen LogP contribution in [-0.2, 0) is 5.60 Å². The molecule has 3 N–H and O–H groups in total. The average molecular weight is 287 g/mol. The summed E-state index contributed by atoms with van der Waals surface area (Å²) < 4.78 is 76.1. The fourth-order valence-electron chi connectivity index (χ4n) is 1.72. The molecule has 0 saturated carbocycles. The van der Waals surface area contributed by atoms with Crippen molar-refractivity contribution in [2.24, 2.45) is 0 Å². The van der Waals surface area contributed by atoms with E-state index in [2.05, 4.69) is 0 Å². The number of hydrogen-bond acceptors (Lipinski definition) is 2. The SMILES string of the molecule is Cc1cc(C)c(C(O)(C(F)(F)F)C(F)(F)F)cc1N. The third-order valence-corrected chi connectivity index (χ3v) is 2.82. The highest BCUT2D eigenvalue weighted by atomic mass is 19.4. The molecule has 19 heavy (non-hydrogen) atoms. The van der Waals surface area contributed by atoms with Crippen LogP contribution in [0.25, 0.3) is 0 Å². The molecule has 1 aromatic carbocycles. The second-order valence-corrected chi connectivity index (χ2v) is 4.23. The van der Waals surface area contributed by atoms with Gasteiger partial charge in [0.15, 0.2) is 0 Å². The number of hydrogen-bond donors (Lipinski definition) is 2. The van der Waals surface area contributed by atoms with Crippen LogP contribution in [0.5, 0.6) is 0 Å². The second kappa shape index (κ2) is 4.29. The molecule has 0 heterocycles. The summed E-state index contributed by atoms with van der Waals surface area (Å²) in [5, 5.41) is 9.25. The van der Waals surface area contributed by atoms with Crippen LogP contribution in [0.3, 0.4) is 0 Å². The van der Waals surface area contributed by atoms with E-state index in [1.807, 2.05) is 0 Å². The topological polar surface area (TPSA) is 46.2 Å². The summed E-state index contributed by atoms with van der Waals surface area (Å²) >= 11 is 0. The van der Waals surface area contributed by atoms with Gasteiger partial charge in [-0.15, -0.1) is 0 Å². The molecule has 1 aromatic rings. The molecule has 0 aliphatic rings. The van der Waals surface area contributed by atoms with Crippen LogP contribution < -0.4 is 5.73 Å². The Morgan fingerprint density at radius 2 is 1.32 bits per heavy atom. The fraction of sp³-hybridized carbons (Fsp3) is 0.455. The quantitative estimate of drug-likeness (QED) is 0.615.